The van der Waals surface area contributed by atoms with Crippen LogP contribution in [0.4, 0.5) is 0 Å². The second kappa shape index (κ2) is 7.00. The maximum absolute atomic E-state index is 11.9. The van der Waals surface area contributed by atoms with Crippen molar-refractivity contribution in [3.05, 3.63) is 65.7 Å². The Morgan fingerprint density at radius 1 is 0.895 bits per heavy atom. The molecule has 0 saturated carbocycles. The van der Waals surface area contributed by atoms with Crippen LogP contribution in [0.5, 0.6) is 5.75 Å². The van der Waals surface area contributed by atoms with Gasteiger partial charge in [0, 0.05) is 5.56 Å². The molecule has 19 heavy (non-hydrogen) atoms. The van der Waals surface area contributed by atoms with Crippen molar-refractivity contribution in [2.75, 3.05) is 0 Å². The number of carbonyl (C=O) groups excluding carboxylic acids is 1. The number of aromatic hydroxyl groups is 1. The van der Waals surface area contributed by atoms with Crippen molar-refractivity contribution in [2.45, 2.75) is 0 Å². The van der Waals surface area contributed by atoms with E-state index in [9.17, 15) is 9.90 Å². The van der Waals surface area contributed by atoms with Gasteiger partial charge in [0.1, 0.15) is 5.75 Å². The van der Waals surface area contributed by atoms with Crippen LogP contribution in [-0.4, -0.2) is 30.9 Å². The van der Waals surface area contributed by atoms with Crippen LogP contribution in [0.25, 0.3) is 0 Å². The Morgan fingerprint density at radius 2 is 1.42 bits per heavy atom. The molecular weight excluding hydrogens is 276 g/mol. The number of phenolic OH excluding ortho intramolecular Hbond substituents is 1. The molecule has 2 aromatic carbocycles. The van der Waals surface area contributed by atoms with E-state index in [2.05, 4.69) is 8.23 Å². The standard InChI is InChI=1S/C13H10O2.O2Si2/c14-12-9-5-4-8-11(12)13(15)10-6-2-1-3-7-10;1-3-2-4-1/h1-9,14H;. The molecule has 4 radical (unpaired) electrons. The normalized spacial score (nSPS) is 12.8. The maximum atomic E-state index is 11.9. The summed E-state index contributed by atoms with van der Waals surface area (Å²) in [6.45, 7) is 0. The lowest BCUT2D eigenvalue weighted by molar-refractivity contribution is 0.103. The van der Waals surface area contributed by atoms with Gasteiger partial charge in [0.05, 0.1) is 5.56 Å². The summed E-state index contributed by atoms with van der Waals surface area (Å²) >= 11 is 0. The maximum Gasteiger partial charge on any atom is 0.412 e. The predicted octanol–water partition coefficient (Wildman–Crippen LogP) is 1.72. The highest BCUT2D eigenvalue weighted by atomic mass is 28.4. The molecule has 0 amide bonds. The lowest BCUT2D eigenvalue weighted by Crippen LogP contribution is -2.23. The Hall–Kier alpha value is -1.74. The SMILES string of the molecule is O1[Si]O[Si]1.O=C(c1ccccc1)c1ccccc1O. The average Bonchev–Trinajstić information content (AvgIpc) is 2.38. The minimum Gasteiger partial charge on any atom is -0.507 e. The Balaban J connectivity index is 0.000000284. The van der Waals surface area contributed by atoms with Gasteiger partial charge in [-0.15, -0.1) is 0 Å². The fourth-order valence-electron chi connectivity index (χ4n) is 1.45. The third kappa shape index (κ3) is 3.86. The van der Waals surface area contributed by atoms with E-state index in [0.29, 0.717) is 31.1 Å². The summed E-state index contributed by atoms with van der Waals surface area (Å²) in [5.74, 6) is -0.139. The van der Waals surface area contributed by atoms with Gasteiger partial charge >= 0.3 is 20.0 Å². The first-order valence-electron chi connectivity index (χ1n) is 5.48. The molecule has 1 aliphatic heterocycles. The van der Waals surface area contributed by atoms with Gasteiger partial charge in [0.25, 0.3) is 0 Å². The van der Waals surface area contributed by atoms with Crippen LogP contribution in [0.2, 0.25) is 0 Å². The number of rotatable bonds is 2. The number of carbonyl (C=O) groups is 1. The highest BCUT2D eigenvalue weighted by molar-refractivity contribution is 6.49. The van der Waals surface area contributed by atoms with Gasteiger partial charge in [0.2, 0.25) is 0 Å². The number of hydrogen-bond acceptors (Lipinski definition) is 4. The predicted molar refractivity (Wildman–Crippen MR) is 71.7 cm³/mol. The fourth-order valence-corrected chi connectivity index (χ4v) is 1.79. The van der Waals surface area contributed by atoms with Crippen molar-refractivity contribution in [2.24, 2.45) is 0 Å². The van der Waals surface area contributed by atoms with Crippen LogP contribution in [0.15, 0.2) is 54.6 Å². The molecule has 1 fully saturated rings. The topological polar surface area (TPSA) is 55.8 Å². The fraction of sp³-hybridized carbons (Fsp3) is 0. The van der Waals surface area contributed by atoms with Gasteiger partial charge in [-0.2, -0.15) is 0 Å². The van der Waals surface area contributed by atoms with Crippen LogP contribution >= 0.6 is 0 Å². The van der Waals surface area contributed by atoms with Gasteiger partial charge in [-0.25, -0.2) is 0 Å². The second-order valence-corrected chi connectivity index (χ2v) is 5.55. The molecule has 2 aromatic rings. The Kier molecular flexibility index (Phi) is 5.04. The minimum atomic E-state index is -0.159. The van der Waals surface area contributed by atoms with Crippen molar-refractivity contribution in [3.63, 3.8) is 0 Å². The van der Waals surface area contributed by atoms with E-state index < -0.39 is 0 Å². The Bertz CT molecular complexity index is 537. The number of ketones is 1. The van der Waals surface area contributed by atoms with E-state index in [1.54, 1.807) is 42.5 Å². The van der Waals surface area contributed by atoms with E-state index in [1.807, 2.05) is 6.07 Å². The van der Waals surface area contributed by atoms with Crippen LogP contribution in [0, 0.1) is 0 Å². The summed E-state index contributed by atoms with van der Waals surface area (Å²) in [5, 5.41) is 9.52. The molecule has 6 heteroatoms. The number of para-hydroxylation sites is 1. The van der Waals surface area contributed by atoms with E-state index >= 15 is 0 Å². The van der Waals surface area contributed by atoms with Gasteiger partial charge < -0.3 is 13.3 Å². The van der Waals surface area contributed by atoms with E-state index in [1.165, 1.54) is 6.07 Å². The summed E-state index contributed by atoms with van der Waals surface area (Å²) in [4.78, 5) is 11.9. The van der Waals surface area contributed by atoms with Gasteiger partial charge in [-0.05, 0) is 12.1 Å². The molecule has 1 saturated heterocycles. The third-order valence-electron chi connectivity index (χ3n) is 2.35. The van der Waals surface area contributed by atoms with Crippen LogP contribution in [0.1, 0.15) is 15.9 Å². The lowest BCUT2D eigenvalue weighted by Gasteiger charge is -2.04. The molecule has 94 valence electrons. The van der Waals surface area contributed by atoms with Crippen molar-refractivity contribution in [3.8, 4) is 5.75 Å². The first-order valence-corrected chi connectivity index (χ1v) is 7.12. The van der Waals surface area contributed by atoms with Crippen molar-refractivity contribution in [1.29, 1.82) is 0 Å². The van der Waals surface area contributed by atoms with E-state index in [0.717, 1.165) is 0 Å². The zero-order chi connectivity index (χ0) is 13.5. The highest BCUT2D eigenvalue weighted by Crippen LogP contribution is 2.19. The number of hydrogen-bond donors (Lipinski definition) is 1. The minimum absolute atomic E-state index is 0.0198. The lowest BCUT2D eigenvalue weighted by atomic mass is 10.0. The molecule has 3 rings (SSSR count). The molecule has 1 N–H and O–H groups in total. The van der Waals surface area contributed by atoms with E-state index in [4.69, 9.17) is 0 Å². The van der Waals surface area contributed by atoms with Crippen molar-refractivity contribution >= 4 is 25.8 Å². The largest absolute Gasteiger partial charge is 0.507 e. The first kappa shape index (κ1) is 13.7. The number of phenols is 1. The molecule has 0 aliphatic carbocycles. The van der Waals surface area contributed by atoms with Gasteiger partial charge in [0.15, 0.2) is 5.78 Å². The van der Waals surface area contributed by atoms with Gasteiger partial charge in [-0.1, -0.05) is 42.5 Å². The second-order valence-electron chi connectivity index (χ2n) is 3.58. The number of benzene rings is 2. The van der Waals surface area contributed by atoms with Crippen molar-refractivity contribution < 1.29 is 18.1 Å². The van der Waals surface area contributed by atoms with Crippen LogP contribution < -0.4 is 0 Å². The van der Waals surface area contributed by atoms with Crippen molar-refractivity contribution in [1.82, 2.24) is 0 Å². The average molecular weight is 286 g/mol. The van der Waals surface area contributed by atoms with E-state index in [-0.39, 0.29) is 11.5 Å². The molecule has 1 aliphatic rings. The molecule has 0 unspecified atom stereocenters. The van der Waals surface area contributed by atoms with Crippen LogP contribution in [-0.2, 0) is 8.23 Å². The molecule has 0 bridgehead atoms. The zero-order valence-electron chi connectivity index (χ0n) is 9.87. The summed E-state index contributed by atoms with van der Waals surface area (Å²) in [6.07, 6.45) is 0. The molecule has 1 heterocycles. The summed E-state index contributed by atoms with van der Waals surface area (Å²) in [7, 11) is 0.667. The molecule has 0 spiro atoms. The smallest absolute Gasteiger partial charge is 0.412 e. The summed E-state index contributed by atoms with van der Waals surface area (Å²) in [6, 6.07) is 15.5. The third-order valence-corrected chi connectivity index (χ3v) is 3.68. The molecule has 4 nitrogen and oxygen atoms in total. The molecule has 0 aromatic heterocycles. The molecule has 0 atom stereocenters. The van der Waals surface area contributed by atoms with Crippen LogP contribution in [0.3, 0.4) is 0 Å². The highest BCUT2D eigenvalue weighted by Gasteiger charge is 2.11. The zero-order valence-corrected chi connectivity index (χ0v) is 11.9. The monoisotopic (exact) mass is 286 g/mol. The van der Waals surface area contributed by atoms with Gasteiger partial charge in [-0.3, -0.25) is 4.79 Å². The quantitative estimate of drug-likeness (QED) is 0.675. The summed E-state index contributed by atoms with van der Waals surface area (Å²) < 4.78 is 9.11. The Labute approximate surface area is 116 Å². The Morgan fingerprint density at radius 3 is 1.95 bits per heavy atom. The first-order chi connectivity index (χ1) is 9.29. The molecular formula is C13H10O4Si2. The summed E-state index contributed by atoms with van der Waals surface area (Å²) in [5.41, 5.74) is 0.919.